The molecule has 0 amide bonds. The van der Waals surface area contributed by atoms with Gasteiger partial charge in [-0.1, -0.05) is 36.4 Å². The molecule has 2 aromatic rings. The first-order chi connectivity index (χ1) is 12.2. The van der Waals surface area contributed by atoms with Crippen LogP contribution in [-0.2, 0) is 9.31 Å². The number of ether oxygens (including phenoxy) is 1. The number of hydrogen-bond acceptors (Lipinski definition) is 3. The largest absolute Gasteiger partial charge is 0.525 e. The van der Waals surface area contributed by atoms with E-state index >= 15 is 0 Å². The van der Waals surface area contributed by atoms with Crippen molar-refractivity contribution in [2.24, 2.45) is 0 Å². The second-order valence-corrected chi connectivity index (χ2v) is 7.47. The molecule has 1 saturated heterocycles. The maximum atomic E-state index is 14.6. The van der Waals surface area contributed by atoms with E-state index in [0.717, 1.165) is 22.4 Å². The van der Waals surface area contributed by atoms with Gasteiger partial charge in [-0.15, -0.1) is 0 Å². The van der Waals surface area contributed by atoms with Crippen LogP contribution in [-0.4, -0.2) is 25.4 Å². The molecule has 0 unspecified atom stereocenters. The molecule has 1 aliphatic heterocycles. The molecule has 136 valence electrons. The maximum Gasteiger partial charge on any atom is 0.525 e. The van der Waals surface area contributed by atoms with E-state index in [2.05, 4.69) is 0 Å². The van der Waals surface area contributed by atoms with Gasteiger partial charge in [-0.25, -0.2) is 4.39 Å². The van der Waals surface area contributed by atoms with Gasteiger partial charge in [0.25, 0.3) is 0 Å². The molecule has 0 radical (unpaired) electrons. The lowest BCUT2D eigenvalue weighted by Crippen LogP contribution is -2.41. The van der Waals surface area contributed by atoms with Crippen molar-refractivity contribution in [3.05, 3.63) is 59.8 Å². The summed E-state index contributed by atoms with van der Waals surface area (Å²) >= 11 is 0. The van der Waals surface area contributed by atoms with E-state index in [1.807, 2.05) is 76.2 Å². The number of halogens is 1. The molecular weight excluding hydrogens is 330 g/mol. The Morgan fingerprint density at radius 2 is 1.58 bits per heavy atom. The van der Waals surface area contributed by atoms with Gasteiger partial charge in [-0.3, -0.25) is 0 Å². The molecule has 0 spiro atoms. The Balaban J connectivity index is 1.77. The quantitative estimate of drug-likeness (QED) is 0.697. The molecule has 0 bridgehead atoms. The monoisotopic (exact) mass is 354 g/mol. The summed E-state index contributed by atoms with van der Waals surface area (Å²) in [5.74, 6) is 0.804. The van der Waals surface area contributed by atoms with E-state index < -0.39 is 24.0 Å². The Hall–Kier alpha value is -2.11. The molecule has 0 aliphatic carbocycles. The van der Waals surface area contributed by atoms with E-state index in [4.69, 9.17) is 14.0 Å². The number of rotatable bonds is 4. The summed E-state index contributed by atoms with van der Waals surface area (Å²) in [6.45, 7) is 7.62. The van der Waals surface area contributed by atoms with E-state index in [9.17, 15) is 4.39 Å². The Bertz CT molecular complexity index is 796. The van der Waals surface area contributed by atoms with Crippen LogP contribution in [0.1, 0.15) is 33.3 Å². The lowest BCUT2D eigenvalue weighted by molar-refractivity contribution is 0.00578. The Morgan fingerprint density at radius 3 is 2.15 bits per heavy atom. The van der Waals surface area contributed by atoms with Crippen LogP contribution in [0.15, 0.2) is 54.3 Å². The molecule has 0 aromatic heterocycles. The third-order valence-electron chi connectivity index (χ3n) is 5.10. The standard InChI is InChI=1S/C21H24BFO3/c1-20(2)21(3,4)26-22(25-20)19(23)13-15-9-11-16(12-10-15)17-7-6-8-18(14-17)24-5/h6-14H,1-5H3. The van der Waals surface area contributed by atoms with E-state index in [0.29, 0.717) is 0 Å². The van der Waals surface area contributed by atoms with E-state index in [-0.39, 0.29) is 0 Å². The van der Waals surface area contributed by atoms with Gasteiger partial charge in [-0.05, 0) is 62.6 Å². The average Bonchev–Trinajstić information content (AvgIpc) is 2.83. The maximum absolute atomic E-state index is 14.6. The molecule has 0 saturated carbocycles. The molecule has 1 fully saturated rings. The van der Waals surface area contributed by atoms with Crippen LogP contribution in [0.3, 0.4) is 0 Å². The highest BCUT2D eigenvalue weighted by atomic mass is 19.1. The first-order valence-corrected chi connectivity index (χ1v) is 8.69. The van der Waals surface area contributed by atoms with Crippen LogP contribution in [0.4, 0.5) is 4.39 Å². The minimum Gasteiger partial charge on any atom is -0.497 e. The molecule has 1 aliphatic rings. The third-order valence-corrected chi connectivity index (χ3v) is 5.10. The zero-order valence-corrected chi connectivity index (χ0v) is 15.9. The topological polar surface area (TPSA) is 27.7 Å². The minimum atomic E-state index is -0.974. The Labute approximate surface area is 154 Å². The lowest BCUT2D eigenvalue weighted by Gasteiger charge is -2.32. The van der Waals surface area contributed by atoms with Crippen molar-refractivity contribution in [1.82, 2.24) is 0 Å². The van der Waals surface area contributed by atoms with Crippen molar-refractivity contribution in [2.75, 3.05) is 7.11 Å². The van der Waals surface area contributed by atoms with Gasteiger partial charge in [0.2, 0.25) is 0 Å². The second kappa shape index (κ2) is 6.90. The summed E-state index contributed by atoms with van der Waals surface area (Å²) in [7, 11) is 0.670. The molecule has 3 nitrogen and oxygen atoms in total. The SMILES string of the molecule is COc1cccc(-c2ccc(C=C(F)B3OC(C)(C)C(C)(C)O3)cc2)c1. The van der Waals surface area contributed by atoms with Crippen molar-refractivity contribution < 1.29 is 18.4 Å². The molecule has 5 heteroatoms. The summed E-state index contributed by atoms with van der Waals surface area (Å²) in [5, 5.41) is 0. The first-order valence-electron chi connectivity index (χ1n) is 8.69. The summed E-state index contributed by atoms with van der Waals surface area (Å²) < 4.78 is 31.3. The predicted molar refractivity (Wildman–Crippen MR) is 104 cm³/mol. The highest BCUT2D eigenvalue weighted by molar-refractivity contribution is 6.54. The zero-order chi connectivity index (χ0) is 18.9. The van der Waals surface area contributed by atoms with Crippen molar-refractivity contribution in [2.45, 2.75) is 38.9 Å². The Morgan fingerprint density at radius 1 is 0.962 bits per heavy atom. The van der Waals surface area contributed by atoms with Gasteiger partial charge in [-0.2, -0.15) is 0 Å². The summed E-state index contributed by atoms with van der Waals surface area (Å²) in [6, 6.07) is 15.5. The Kier molecular flexibility index (Phi) is 4.95. The number of hydrogen-bond donors (Lipinski definition) is 0. The van der Waals surface area contributed by atoms with Gasteiger partial charge in [0.15, 0.2) is 0 Å². The van der Waals surface area contributed by atoms with Crippen molar-refractivity contribution in [3.8, 4) is 16.9 Å². The second-order valence-electron chi connectivity index (χ2n) is 7.47. The van der Waals surface area contributed by atoms with Crippen LogP contribution in [0.25, 0.3) is 17.2 Å². The fourth-order valence-corrected chi connectivity index (χ4v) is 2.76. The van der Waals surface area contributed by atoms with Crippen LogP contribution in [0.5, 0.6) is 5.75 Å². The van der Waals surface area contributed by atoms with Gasteiger partial charge in [0.05, 0.1) is 18.3 Å². The minimum absolute atomic E-state index is 0.433. The molecule has 0 atom stereocenters. The van der Waals surface area contributed by atoms with Crippen LogP contribution < -0.4 is 4.74 Å². The number of benzene rings is 2. The van der Waals surface area contributed by atoms with E-state index in [1.165, 1.54) is 6.08 Å². The van der Waals surface area contributed by atoms with Crippen molar-refractivity contribution >= 4 is 13.2 Å². The highest BCUT2D eigenvalue weighted by Gasteiger charge is 2.53. The van der Waals surface area contributed by atoms with Gasteiger partial charge in [0, 0.05) is 0 Å². The van der Waals surface area contributed by atoms with Crippen LogP contribution in [0, 0.1) is 0 Å². The van der Waals surface area contributed by atoms with E-state index in [1.54, 1.807) is 7.11 Å². The fraction of sp³-hybridized carbons (Fsp3) is 0.333. The molecule has 1 heterocycles. The molecule has 26 heavy (non-hydrogen) atoms. The third kappa shape index (κ3) is 3.69. The molecule has 3 rings (SSSR count). The zero-order valence-electron chi connectivity index (χ0n) is 15.9. The summed E-state index contributed by atoms with van der Waals surface area (Å²) in [5.41, 5.74) is 1.29. The van der Waals surface area contributed by atoms with Crippen LogP contribution >= 0.6 is 0 Å². The number of methoxy groups -OCH3 is 1. The van der Waals surface area contributed by atoms with Crippen molar-refractivity contribution in [3.63, 3.8) is 0 Å². The van der Waals surface area contributed by atoms with Gasteiger partial charge >= 0.3 is 7.12 Å². The van der Waals surface area contributed by atoms with Gasteiger partial charge < -0.3 is 14.0 Å². The predicted octanol–water partition coefficient (Wildman–Crippen LogP) is 5.30. The summed E-state index contributed by atoms with van der Waals surface area (Å²) in [6.07, 6.45) is 1.46. The van der Waals surface area contributed by atoms with Crippen LogP contribution in [0.2, 0.25) is 0 Å². The average molecular weight is 354 g/mol. The summed E-state index contributed by atoms with van der Waals surface area (Å²) in [4.78, 5) is 0. The first kappa shape index (κ1) is 18.7. The van der Waals surface area contributed by atoms with Gasteiger partial charge in [0.1, 0.15) is 11.5 Å². The fourth-order valence-electron chi connectivity index (χ4n) is 2.76. The molecule has 0 N–H and O–H groups in total. The molecule has 2 aromatic carbocycles. The normalized spacial score (nSPS) is 18.8. The van der Waals surface area contributed by atoms with Crippen molar-refractivity contribution in [1.29, 1.82) is 0 Å². The smallest absolute Gasteiger partial charge is 0.497 e. The molecular formula is C21H24BFO3. The highest BCUT2D eigenvalue weighted by Crippen LogP contribution is 2.39. The lowest BCUT2D eigenvalue weighted by atomic mass is 9.86.